The van der Waals surface area contributed by atoms with Crippen LogP contribution in [0.5, 0.6) is 11.5 Å². The molecule has 2 aromatic rings. The molecule has 4 rings (SSSR count). The molecule has 0 atom stereocenters. The Morgan fingerprint density at radius 3 is 2.55 bits per heavy atom. The average Bonchev–Trinajstić information content (AvgIpc) is 2.90. The highest BCUT2D eigenvalue weighted by atomic mass is 32.2. The maximum absolute atomic E-state index is 13.2. The summed E-state index contributed by atoms with van der Waals surface area (Å²) in [6.45, 7) is 2.25. The Morgan fingerprint density at radius 2 is 1.87 bits per heavy atom. The number of nitrogens with one attached hydrogen (secondary N) is 1. The zero-order chi connectivity index (χ0) is 22.2. The SMILES string of the molecule is COc1ccc(S(=O)(=O)N(C)C2CCC3(CC2)CNC(=O)c2ccccc2O3)cc1C. The van der Waals surface area contributed by atoms with Crippen molar-refractivity contribution in [2.75, 3.05) is 20.7 Å². The van der Waals surface area contributed by atoms with Crippen LogP contribution in [0, 0.1) is 6.92 Å². The summed E-state index contributed by atoms with van der Waals surface area (Å²) in [6, 6.07) is 12.0. The first kappa shape index (κ1) is 21.6. The van der Waals surface area contributed by atoms with Crippen molar-refractivity contribution in [3.8, 4) is 11.5 Å². The third kappa shape index (κ3) is 4.02. The molecule has 2 aromatic carbocycles. The van der Waals surface area contributed by atoms with E-state index in [2.05, 4.69) is 5.32 Å². The number of carbonyl (C=O) groups is 1. The van der Waals surface area contributed by atoms with Crippen LogP contribution >= 0.6 is 0 Å². The summed E-state index contributed by atoms with van der Waals surface area (Å²) >= 11 is 0. The van der Waals surface area contributed by atoms with Gasteiger partial charge in [0.25, 0.3) is 5.91 Å². The number of carbonyl (C=O) groups excluding carboxylic acids is 1. The number of methoxy groups -OCH3 is 1. The highest BCUT2D eigenvalue weighted by Crippen LogP contribution is 2.38. The molecular weight excluding hydrogens is 416 g/mol. The number of hydrogen-bond acceptors (Lipinski definition) is 5. The van der Waals surface area contributed by atoms with Gasteiger partial charge in [0.2, 0.25) is 10.0 Å². The fourth-order valence-corrected chi connectivity index (χ4v) is 6.00. The van der Waals surface area contributed by atoms with E-state index >= 15 is 0 Å². The molecule has 0 aromatic heterocycles. The summed E-state index contributed by atoms with van der Waals surface area (Å²) in [7, 11) is -0.418. The predicted molar refractivity (Wildman–Crippen MR) is 117 cm³/mol. The summed E-state index contributed by atoms with van der Waals surface area (Å²) in [5, 5.41) is 2.97. The van der Waals surface area contributed by atoms with Gasteiger partial charge in [-0.1, -0.05) is 12.1 Å². The van der Waals surface area contributed by atoms with Crippen LogP contribution in [0.3, 0.4) is 0 Å². The molecule has 8 heteroatoms. The fourth-order valence-electron chi connectivity index (χ4n) is 4.49. The van der Waals surface area contributed by atoms with Crippen LogP contribution in [0.15, 0.2) is 47.4 Å². The fraction of sp³-hybridized carbons (Fsp3) is 0.435. The minimum atomic E-state index is -3.63. The Labute approximate surface area is 183 Å². The Bertz CT molecular complexity index is 1090. The minimum absolute atomic E-state index is 0.129. The zero-order valence-corrected chi connectivity index (χ0v) is 18.9. The topological polar surface area (TPSA) is 84.9 Å². The van der Waals surface area contributed by atoms with Gasteiger partial charge in [0, 0.05) is 13.1 Å². The zero-order valence-electron chi connectivity index (χ0n) is 18.1. The van der Waals surface area contributed by atoms with Crippen molar-refractivity contribution in [2.45, 2.75) is 49.1 Å². The molecule has 1 fully saturated rings. The number of para-hydroxylation sites is 1. The van der Waals surface area contributed by atoms with Gasteiger partial charge in [-0.2, -0.15) is 4.31 Å². The molecule has 0 unspecified atom stereocenters. The molecule has 1 heterocycles. The lowest BCUT2D eigenvalue weighted by Gasteiger charge is -2.41. The molecule has 0 radical (unpaired) electrons. The minimum Gasteiger partial charge on any atom is -0.496 e. The maximum Gasteiger partial charge on any atom is 0.255 e. The Kier molecular flexibility index (Phi) is 5.70. The van der Waals surface area contributed by atoms with E-state index in [1.807, 2.05) is 25.1 Å². The Morgan fingerprint density at radius 1 is 1.16 bits per heavy atom. The van der Waals surface area contributed by atoms with Crippen LogP contribution in [-0.2, 0) is 10.0 Å². The van der Waals surface area contributed by atoms with Gasteiger partial charge in [0.15, 0.2) is 0 Å². The van der Waals surface area contributed by atoms with Gasteiger partial charge in [0.1, 0.15) is 17.1 Å². The first-order valence-electron chi connectivity index (χ1n) is 10.4. The van der Waals surface area contributed by atoms with Crippen molar-refractivity contribution in [2.24, 2.45) is 0 Å². The van der Waals surface area contributed by atoms with Crippen LogP contribution in [0.25, 0.3) is 0 Å². The van der Waals surface area contributed by atoms with E-state index in [9.17, 15) is 13.2 Å². The van der Waals surface area contributed by atoms with Crippen molar-refractivity contribution >= 4 is 15.9 Å². The van der Waals surface area contributed by atoms with Crippen LogP contribution < -0.4 is 14.8 Å². The van der Waals surface area contributed by atoms with Gasteiger partial charge in [-0.25, -0.2) is 8.42 Å². The highest BCUT2D eigenvalue weighted by Gasteiger charge is 2.42. The first-order chi connectivity index (χ1) is 14.8. The maximum atomic E-state index is 13.2. The number of benzene rings is 2. The third-order valence-electron chi connectivity index (χ3n) is 6.45. The van der Waals surface area contributed by atoms with Gasteiger partial charge in [0.05, 0.1) is 24.1 Å². The lowest BCUT2D eigenvalue weighted by molar-refractivity contribution is 0.0196. The number of fused-ring (bicyclic) bond motifs is 1. The molecule has 31 heavy (non-hydrogen) atoms. The van der Waals surface area contributed by atoms with Crippen LogP contribution in [-0.4, -0.2) is 51.0 Å². The van der Waals surface area contributed by atoms with E-state index < -0.39 is 15.6 Å². The standard InChI is InChI=1S/C23H28N2O5S/c1-16-14-18(8-9-20(16)29-3)31(27,28)25(2)17-10-12-23(13-11-17)15-24-22(26)19-6-4-5-7-21(19)30-23/h4-9,14,17H,10-13,15H2,1-3H3,(H,24,26). The molecular formula is C23H28N2O5S. The molecule has 7 nitrogen and oxygen atoms in total. The van der Waals surface area contributed by atoms with Crippen LogP contribution in [0.1, 0.15) is 41.6 Å². The molecule has 1 aliphatic heterocycles. The molecule has 1 N–H and O–H groups in total. The number of ether oxygens (including phenoxy) is 2. The summed E-state index contributed by atoms with van der Waals surface area (Å²) in [5.74, 6) is 1.11. The summed E-state index contributed by atoms with van der Waals surface area (Å²) < 4.78 is 39.5. The molecule has 2 aliphatic rings. The van der Waals surface area contributed by atoms with E-state index in [1.54, 1.807) is 38.4 Å². The third-order valence-corrected chi connectivity index (χ3v) is 8.36. The smallest absolute Gasteiger partial charge is 0.255 e. The van der Waals surface area contributed by atoms with Gasteiger partial charge in [-0.15, -0.1) is 0 Å². The summed E-state index contributed by atoms with van der Waals surface area (Å²) in [5.41, 5.74) is 0.803. The van der Waals surface area contributed by atoms with Gasteiger partial charge in [-0.05, 0) is 68.5 Å². The molecule has 1 aliphatic carbocycles. The number of aryl methyl sites for hydroxylation is 1. The predicted octanol–water partition coefficient (Wildman–Crippen LogP) is 3.13. The average molecular weight is 445 g/mol. The number of sulfonamides is 1. The quantitative estimate of drug-likeness (QED) is 0.783. The van der Waals surface area contributed by atoms with E-state index in [4.69, 9.17) is 9.47 Å². The van der Waals surface area contributed by atoms with Gasteiger partial charge >= 0.3 is 0 Å². The van der Waals surface area contributed by atoms with E-state index in [-0.39, 0.29) is 16.8 Å². The monoisotopic (exact) mass is 444 g/mol. The van der Waals surface area contributed by atoms with E-state index in [0.717, 1.165) is 5.56 Å². The van der Waals surface area contributed by atoms with E-state index in [0.29, 0.717) is 49.3 Å². The number of rotatable bonds is 4. The van der Waals surface area contributed by atoms with Crippen molar-refractivity contribution in [1.82, 2.24) is 9.62 Å². The normalized spacial score (nSPS) is 23.6. The molecule has 0 bridgehead atoms. The number of amides is 1. The second kappa shape index (κ2) is 8.16. The van der Waals surface area contributed by atoms with Crippen molar-refractivity contribution in [3.63, 3.8) is 0 Å². The van der Waals surface area contributed by atoms with Crippen molar-refractivity contribution < 1.29 is 22.7 Å². The summed E-state index contributed by atoms with van der Waals surface area (Å²) in [4.78, 5) is 12.6. The second-order valence-corrected chi connectivity index (χ2v) is 10.3. The molecule has 166 valence electrons. The van der Waals surface area contributed by atoms with Crippen molar-refractivity contribution in [1.29, 1.82) is 0 Å². The first-order valence-corrected chi connectivity index (χ1v) is 11.9. The molecule has 1 saturated carbocycles. The van der Waals surface area contributed by atoms with Gasteiger partial charge in [-0.3, -0.25) is 4.79 Å². The number of nitrogens with zero attached hydrogens (tertiary/aromatic N) is 1. The second-order valence-electron chi connectivity index (χ2n) is 8.35. The van der Waals surface area contributed by atoms with Crippen LogP contribution in [0.2, 0.25) is 0 Å². The summed E-state index contributed by atoms with van der Waals surface area (Å²) in [6.07, 6.45) is 2.63. The lowest BCUT2D eigenvalue weighted by Crippen LogP contribution is -2.51. The van der Waals surface area contributed by atoms with Crippen LogP contribution in [0.4, 0.5) is 0 Å². The highest BCUT2D eigenvalue weighted by molar-refractivity contribution is 7.89. The Hall–Kier alpha value is -2.58. The molecule has 0 saturated heterocycles. The van der Waals surface area contributed by atoms with Crippen molar-refractivity contribution in [3.05, 3.63) is 53.6 Å². The molecule has 1 amide bonds. The molecule has 1 spiro atoms. The lowest BCUT2D eigenvalue weighted by atomic mass is 9.82. The van der Waals surface area contributed by atoms with E-state index in [1.165, 1.54) is 4.31 Å². The Balaban J connectivity index is 1.49. The van der Waals surface area contributed by atoms with Gasteiger partial charge < -0.3 is 14.8 Å². The number of hydrogen-bond donors (Lipinski definition) is 1. The largest absolute Gasteiger partial charge is 0.496 e.